The van der Waals surface area contributed by atoms with Gasteiger partial charge < -0.3 is 15.0 Å². The molecule has 1 amide bonds. The summed E-state index contributed by atoms with van der Waals surface area (Å²) in [6.45, 7) is 7.02. The van der Waals surface area contributed by atoms with Crippen LogP contribution >= 0.6 is 0 Å². The summed E-state index contributed by atoms with van der Waals surface area (Å²) < 4.78 is 5.00. The van der Waals surface area contributed by atoms with Crippen molar-refractivity contribution in [1.29, 1.82) is 0 Å². The highest BCUT2D eigenvalue weighted by atomic mass is 16.5. The highest BCUT2D eigenvalue weighted by molar-refractivity contribution is 5.76. The largest absolute Gasteiger partial charge is 0.385 e. The van der Waals surface area contributed by atoms with Gasteiger partial charge in [0.05, 0.1) is 0 Å². The minimum atomic E-state index is 0.267. The lowest BCUT2D eigenvalue weighted by molar-refractivity contribution is -0.132. The molecule has 1 aromatic rings. The number of carbonyl (C=O) groups excluding carboxylic acids is 1. The van der Waals surface area contributed by atoms with Crippen molar-refractivity contribution in [2.24, 2.45) is 0 Å². The van der Waals surface area contributed by atoms with Gasteiger partial charge in [0.15, 0.2) is 0 Å². The van der Waals surface area contributed by atoms with Gasteiger partial charge >= 0.3 is 0 Å². The van der Waals surface area contributed by atoms with Crippen LogP contribution < -0.4 is 5.32 Å². The first-order chi connectivity index (χ1) is 11.3. The van der Waals surface area contributed by atoms with Gasteiger partial charge in [-0.3, -0.25) is 9.69 Å². The van der Waals surface area contributed by atoms with Gasteiger partial charge in [-0.05, 0) is 18.5 Å². The van der Waals surface area contributed by atoms with Gasteiger partial charge in [-0.15, -0.1) is 0 Å². The third-order valence-electron chi connectivity index (χ3n) is 4.19. The van der Waals surface area contributed by atoms with Crippen LogP contribution in [0.3, 0.4) is 0 Å². The summed E-state index contributed by atoms with van der Waals surface area (Å²) in [7, 11) is 1.71. The number of rotatable bonds is 9. The molecule has 0 spiro atoms. The second kappa shape index (κ2) is 10.4. The molecular formula is C18H29N3O2. The molecule has 1 heterocycles. The van der Waals surface area contributed by atoms with Gasteiger partial charge in [-0.1, -0.05) is 30.3 Å². The highest BCUT2D eigenvalue weighted by Crippen LogP contribution is 2.09. The number of hydrogen-bond donors (Lipinski definition) is 1. The van der Waals surface area contributed by atoms with Gasteiger partial charge in [0.1, 0.15) is 0 Å². The molecule has 5 nitrogen and oxygen atoms in total. The average Bonchev–Trinajstić information content (AvgIpc) is 2.59. The number of nitrogens with one attached hydrogen (secondary N) is 1. The lowest BCUT2D eigenvalue weighted by atomic mass is 10.2. The number of amides is 1. The average molecular weight is 319 g/mol. The Labute approximate surface area is 139 Å². The van der Waals surface area contributed by atoms with Gasteiger partial charge in [0.2, 0.25) is 5.91 Å². The van der Waals surface area contributed by atoms with Gasteiger partial charge in [-0.25, -0.2) is 0 Å². The van der Waals surface area contributed by atoms with Gasteiger partial charge in [-0.2, -0.15) is 0 Å². The lowest BCUT2D eigenvalue weighted by Gasteiger charge is -2.34. The van der Waals surface area contributed by atoms with Crippen LogP contribution in [0.1, 0.15) is 18.4 Å². The normalized spacial score (nSPS) is 15.8. The Morgan fingerprint density at radius 2 is 1.87 bits per heavy atom. The fraction of sp³-hybridized carbons (Fsp3) is 0.611. The predicted octanol–water partition coefficient (Wildman–Crippen LogP) is 1.35. The standard InChI is InChI=1S/C18H29N3O2/c1-23-15-5-9-19-10-8-18(22)21-13-11-20(12-14-21)16-17-6-3-2-4-7-17/h2-4,6-7,19H,5,8-16H2,1H3. The number of benzene rings is 1. The Hall–Kier alpha value is -1.43. The summed E-state index contributed by atoms with van der Waals surface area (Å²) >= 11 is 0. The Morgan fingerprint density at radius 3 is 2.57 bits per heavy atom. The van der Waals surface area contributed by atoms with E-state index in [9.17, 15) is 4.79 Å². The van der Waals surface area contributed by atoms with Crippen molar-refractivity contribution in [2.75, 3.05) is 53.0 Å². The molecule has 1 aliphatic heterocycles. The van der Waals surface area contributed by atoms with E-state index in [0.29, 0.717) is 6.42 Å². The van der Waals surface area contributed by atoms with Crippen molar-refractivity contribution < 1.29 is 9.53 Å². The SMILES string of the molecule is COCCCNCCC(=O)N1CCN(Cc2ccccc2)CC1. The van der Waals surface area contributed by atoms with E-state index in [1.54, 1.807) is 7.11 Å². The van der Waals surface area contributed by atoms with Crippen LogP contribution in [0.5, 0.6) is 0 Å². The molecule has 2 rings (SSSR count). The molecule has 0 aromatic heterocycles. The summed E-state index contributed by atoms with van der Waals surface area (Å²) in [5, 5.41) is 3.29. The first-order valence-corrected chi connectivity index (χ1v) is 8.53. The highest BCUT2D eigenvalue weighted by Gasteiger charge is 2.20. The first kappa shape index (κ1) is 17.9. The molecule has 0 bridgehead atoms. The van der Waals surface area contributed by atoms with E-state index in [1.807, 2.05) is 11.0 Å². The number of carbonyl (C=O) groups is 1. The summed E-state index contributed by atoms with van der Waals surface area (Å²) in [5.41, 5.74) is 1.34. The van der Waals surface area contributed by atoms with Crippen LogP contribution in [0.15, 0.2) is 30.3 Å². The maximum Gasteiger partial charge on any atom is 0.223 e. The van der Waals surface area contributed by atoms with Crippen molar-refractivity contribution >= 4 is 5.91 Å². The summed E-state index contributed by atoms with van der Waals surface area (Å²) in [6, 6.07) is 10.5. The van der Waals surface area contributed by atoms with Crippen LogP contribution in [0, 0.1) is 0 Å². The van der Waals surface area contributed by atoms with Crippen LogP contribution in [0.4, 0.5) is 0 Å². The summed E-state index contributed by atoms with van der Waals surface area (Å²) in [6.07, 6.45) is 1.58. The summed E-state index contributed by atoms with van der Waals surface area (Å²) in [5.74, 6) is 0.267. The second-order valence-corrected chi connectivity index (χ2v) is 5.99. The van der Waals surface area contributed by atoms with E-state index < -0.39 is 0 Å². The van der Waals surface area contributed by atoms with Crippen molar-refractivity contribution in [3.8, 4) is 0 Å². The zero-order chi connectivity index (χ0) is 16.3. The van der Waals surface area contributed by atoms with Crippen molar-refractivity contribution in [2.45, 2.75) is 19.4 Å². The van der Waals surface area contributed by atoms with Crippen LogP contribution in [0.25, 0.3) is 0 Å². The molecule has 23 heavy (non-hydrogen) atoms. The van der Waals surface area contributed by atoms with Crippen molar-refractivity contribution in [3.63, 3.8) is 0 Å². The van der Waals surface area contributed by atoms with E-state index in [2.05, 4.69) is 34.5 Å². The zero-order valence-corrected chi connectivity index (χ0v) is 14.2. The molecule has 5 heteroatoms. The monoisotopic (exact) mass is 319 g/mol. The molecule has 1 fully saturated rings. The van der Waals surface area contributed by atoms with Crippen LogP contribution in [-0.4, -0.2) is 68.7 Å². The van der Waals surface area contributed by atoms with Gasteiger partial charge in [0, 0.05) is 59.4 Å². The molecular weight excluding hydrogens is 290 g/mol. The van der Waals surface area contributed by atoms with Crippen molar-refractivity contribution in [3.05, 3.63) is 35.9 Å². The molecule has 1 saturated heterocycles. The molecule has 0 saturated carbocycles. The molecule has 128 valence electrons. The summed E-state index contributed by atoms with van der Waals surface area (Å²) in [4.78, 5) is 16.6. The Morgan fingerprint density at radius 1 is 1.13 bits per heavy atom. The Kier molecular flexibility index (Phi) is 8.07. The van der Waals surface area contributed by atoms with E-state index in [4.69, 9.17) is 4.74 Å². The van der Waals surface area contributed by atoms with Crippen LogP contribution in [0.2, 0.25) is 0 Å². The molecule has 1 aliphatic rings. The second-order valence-electron chi connectivity index (χ2n) is 5.99. The number of hydrogen-bond acceptors (Lipinski definition) is 4. The molecule has 0 unspecified atom stereocenters. The third-order valence-corrected chi connectivity index (χ3v) is 4.19. The van der Waals surface area contributed by atoms with Crippen molar-refractivity contribution in [1.82, 2.24) is 15.1 Å². The van der Waals surface area contributed by atoms with Gasteiger partial charge in [0.25, 0.3) is 0 Å². The number of nitrogens with zero attached hydrogens (tertiary/aromatic N) is 2. The van der Waals surface area contributed by atoms with E-state index in [1.165, 1.54) is 5.56 Å². The predicted molar refractivity (Wildman–Crippen MR) is 92.3 cm³/mol. The molecule has 0 radical (unpaired) electrons. The molecule has 1 aromatic carbocycles. The maximum atomic E-state index is 12.2. The minimum absolute atomic E-state index is 0.267. The number of ether oxygens (including phenoxy) is 1. The Bertz CT molecular complexity index is 445. The zero-order valence-electron chi connectivity index (χ0n) is 14.2. The van der Waals surface area contributed by atoms with E-state index >= 15 is 0 Å². The fourth-order valence-electron chi connectivity index (χ4n) is 2.82. The first-order valence-electron chi connectivity index (χ1n) is 8.53. The Balaban J connectivity index is 1.59. The third kappa shape index (κ3) is 6.69. The van der Waals surface area contributed by atoms with Crippen LogP contribution in [-0.2, 0) is 16.1 Å². The van der Waals surface area contributed by atoms with E-state index in [0.717, 1.165) is 58.8 Å². The fourth-order valence-corrected chi connectivity index (χ4v) is 2.82. The smallest absolute Gasteiger partial charge is 0.223 e. The topological polar surface area (TPSA) is 44.8 Å². The number of piperazine rings is 1. The molecule has 0 atom stereocenters. The molecule has 1 N–H and O–H groups in total. The van der Waals surface area contributed by atoms with E-state index in [-0.39, 0.29) is 5.91 Å². The quantitative estimate of drug-likeness (QED) is 0.698. The minimum Gasteiger partial charge on any atom is -0.385 e. The molecule has 0 aliphatic carbocycles. The number of methoxy groups -OCH3 is 1. The lowest BCUT2D eigenvalue weighted by Crippen LogP contribution is -2.48. The maximum absolute atomic E-state index is 12.2.